The second-order valence-corrected chi connectivity index (χ2v) is 7.57. The maximum Gasteiger partial charge on any atom is 0.265 e. The van der Waals surface area contributed by atoms with Crippen molar-refractivity contribution in [1.82, 2.24) is 4.90 Å². The average Bonchev–Trinajstić information content (AvgIpc) is 2.70. The van der Waals surface area contributed by atoms with Crippen LogP contribution in [0, 0.1) is 0 Å². The first-order valence-corrected chi connectivity index (χ1v) is 9.06. The van der Waals surface area contributed by atoms with Gasteiger partial charge in [0.05, 0.1) is 12.3 Å². The molecule has 3 N–H and O–H groups in total. The Morgan fingerprint density at radius 2 is 2.05 bits per heavy atom. The van der Waals surface area contributed by atoms with Gasteiger partial charge in [-0.3, -0.25) is 4.79 Å². The minimum atomic E-state index is -3.53. The molecule has 1 rings (SSSR count). The van der Waals surface area contributed by atoms with Crippen molar-refractivity contribution in [3.05, 3.63) is 4.88 Å². The number of anilines is 2. The Bertz CT molecular complexity index is 608. The van der Waals surface area contributed by atoms with Crippen LogP contribution in [0.5, 0.6) is 0 Å². The molecule has 0 saturated heterocycles. The Labute approximate surface area is 129 Å². The summed E-state index contributed by atoms with van der Waals surface area (Å²) in [5.74, 6) is -0.319. The normalized spacial score (nSPS) is 11.4. The topological polar surface area (TPSA) is 102 Å². The number of nitrogens with two attached hydrogens (primary N) is 1. The Kier molecular flexibility index (Phi) is 5.99. The van der Waals surface area contributed by atoms with Crippen LogP contribution < -0.4 is 11.1 Å². The number of rotatable bonds is 7. The van der Waals surface area contributed by atoms with Gasteiger partial charge in [0, 0.05) is 33.5 Å². The van der Waals surface area contributed by atoms with Gasteiger partial charge in [-0.05, 0) is 6.92 Å². The summed E-state index contributed by atoms with van der Waals surface area (Å²) in [6.07, 6.45) is 1.07. The number of nitrogens with one attached hydrogen (secondary N) is 1. The van der Waals surface area contributed by atoms with Gasteiger partial charge in [-0.15, -0.1) is 11.3 Å². The van der Waals surface area contributed by atoms with Crippen molar-refractivity contribution in [3.8, 4) is 0 Å². The highest BCUT2D eigenvalue weighted by Gasteiger charge is 2.27. The second-order valence-electron chi connectivity index (χ2n) is 4.60. The molecule has 0 fully saturated rings. The SMILES string of the molecule is CCOCCNc1sc(C(=O)N(C)C)c(N)c1S(C)(=O)=O. The molecule has 0 aliphatic rings. The van der Waals surface area contributed by atoms with E-state index >= 15 is 0 Å². The Morgan fingerprint density at radius 3 is 2.52 bits per heavy atom. The van der Waals surface area contributed by atoms with E-state index < -0.39 is 9.84 Å². The molecule has 1 amide bonds. The summed E-state index contributed by atoms with van der Waals surface area (Å²) >= 11 is 1.05. The third kappa shape index (κ3) is 4.32. The number of nitrogen functional groups attached to an aromatic ring is 1. The van der Waals surface area contributed by atoms with Crippen molar-refractivity contribution >= 4 is 37.8 Å². The number of ether oxygens (including phenoxy) is 1. The predicted octanol–water partition coefficient (Wildman–Crippen LogP) is 0.884. The molecular weight excluding hydrogens is 314 g/mol. The molecule has 1 aromatic heterocycles. The number of carbonyl (C=O) groups is 1. The van der Waals surface area contributed by atoms with Gasteiger partial charge >= 0.3 is 0 Å². The van der Waals surface area contributed by atoms with E-state index in [0.29, 0.717) is 24.8 Å². The van der Waals surface area contributed by atoms with Crippen molar-refractivity contribution in [1.29, 1.82) is 0 Å². The third-order valence-corrected chi connectivity index (χ3v) is 5.05. The molecule has 7 nitrogen and oxygen atoms in total. The standard InChI is InChI=1S/C12H21N3O4S2/c1-5-19-7-6-14-11-10(21(4,17)18)8(13)9(20-11)12(16)15(2)3/h14H,5-7,13H2,1-4H3. The molecule has 0 saturated carbocycles. The third-order valence-electron chi connectivity index (χ3n) is 2.61. The van der Waals surface area contributed by atoms with E-state index in [-0.39, 0.29) is 21.4 Å². The summed E-state index contributed by atoms with van der Waals surface area (Å²) in [6.45, 7) is 3.33. The van der Waals surface area contributed by atoms with Gasteiger partial charge in [0.25, 0.3) is 5.91 Å². The molecule has 0 radical (unpaired) electrons. The van der Waals surface area contributed by atoms with Gasteiger partial charge in [0.1, 0.15) is 14.8 Å². The molecule has 1 heterocycles. The molecular formula is C12H21N3O4S2. The largest absolute Gasteiger partial charge is 0.396 e. The summed E-state index contributed by atoms with van der Waals surface area (Å²) < 4.78 is 29.0. The Balaban J connectivity index is 3.17. The van der Waals surface area contributed by atoms with Crippen LogP contribution in [0.25, 0.3) is 0 Å². The second kappa shape index (κ2) is 7.10. The minimum Gasteiger partial charge on any atom is -0.396 e. The van der Waals surface area contributed by atoms with Crippen LogP contribution in [-0.2, 0) is 14.6 Å². The van der Waals surface area contributed by atoms with E-state index in [4.69, 9.17) is 10.5 Å². The van der Waals surface area contributed by atoms with Crippen LogP contribution in [0.15, 0.2) is 4.90 Å². The lowest BCUT2D eigenvalue weighted by Crippen LogP contribution is -2.21. The van der Waals surface area contributed by atoms with Crippen LogP contribution >= 0.6 is 11.3 Å². The first kappa shape index (κ1) is 17.7. The zero-order valence-corrected chi connectivity index (χ0v) is 14.2. The Hall–Kier alpha value is -1.32. The molecule has 0 unspecified atom stereocenters. The molecule has 0 atom stereocenters. The van der Waals surface area contributed by atoms with Crippen LogP contribution in [0.1, 0.15) is 16.6 Å². The van der Waals surface area contributed by atoms with Gasteiger partial charge in [-0.25, -0.2) is 8.42 Å². The number of hydrogen-bond donors (Lipinski definition) is 2. The monoisotopic (exact) mass is 335 g/mol. The molecule has 1 aromatic rings. The van der Waals surface area contributed by atoms with Crippen LogP contribution in [0.4, 0.5) is 10.7 Å². The summed E-state index contributed by atoms with van der Waals surface area (Å²) in [6, 6.07) is 0. The summed E-state index contributed by atoms with van der Waals surface area (Å²) in [4.78, 5) is 13.6. The number of hydrogen-bond acceptors (Lipinski definition) is 7. The zero-order valence-electron chi connectivity index (χ0n) is 12.6. The lowest BCUT2D eigenvalue weighted by molar-refractivity contribution is 0.0833. The molecule has 0 spiro atoms. The highest BCUT2D eigenvalue weighted by Crippen LogP contribution is 2.39. The zero-order chi connectivity index (χ0) is 16.2. The first-order valence-electron chi connectivity index (χ1n) is 6.35. The fourth-order valence-electron chi connectivity index (χ4n) is 1.66. The summed E-state index contributed by atoms with van der Waals surface area (Å²) in [5, 5.41) is 3.35. The number of nitrogens with zero attached hydrogens (tertiary/aromatic N) is 1. The van der Waals surface area contributed by atoms with Crippen molar-refractivity contribution in [2.24, 2.45) is 0 Å². The van der Waals surface area contributed by atoms with Crippen molar-refractivity contribution in [2.75, 3.05) is 51.2 Å². The molecule has 0 bridgehead atoms. The average molecular weight is 335 g/mol. The van der Waals surface area contributed by atoms with Crippen LogP contribution in [0.3, 0.4) is 0 Å². The molecule has 9 heteroatoms. The summed E-state index contributed by atoms with van der Waals surface area (Å²) in [7, 11) is -0.360. The van der Waals surface area contributed by atoms with E-state index in [9.17, 15) is 13.2 Å². The van der Waals surface area contributed by atoms with Gasteiger partial charge in [-0.1, -0.05) is 0 Å². The molecule has 0 aromatic carbocycles. The maximum atomic E-state index is 12.0. The van der Waals surface area contributed by atoms with Gasteiger partial charge in [0.2, 0.25) is 0 Å². The van der Waals surface area contributed by atoms with E-state index in [2.05, 4.69) is 5.32 Å². The first-order chi connectivity index (χ1) is 9.70. The highest BCUT2D eigenvalue weighted by molar-refractivity contribution is 7.91. The van der Waals surface area contributed by atoms with E-state index in [1.54, 1.807) is 14.1 Å². The number of amides is 1. The number of thiophene rings is 1. The van der Waals surface area contributed by atoms with E-state index in [1.165, 1.54) is 4.90 Å². The molecule has 120 valence electrons. The minimum absolute atomic E-state index is 0.000102. The van der Waals surface area contributed by atoms with Gasteiger partial charge in [-0.2, -0.15) is 0 Å². The van der Waals surface area contributed by atoms with Gasteiger partial charge < -0.3 is 20.7 Å². The quantitative estimate of drug-likeness (QED) is 0.717. The van der Waals surface area contributed by atoms with E-state index in [1.807, 2.05) is 6.92 Å². The van der Waals surface area contributed by atoms with Crippen molar-refractivity contribution in [2.45, 2.75) is 11.8 Å². The highest BCUT2D eigenvalue weighted by atomic mass is 32.2. The van der Waals surface area contributed by atoms with Gasteiger partial charge in [0.15, 0.2) is 9.84 Å². The van der Waals surface area contributed by atoms with Crippen LogP contribution in [0.2, 0.25) is 0 Å². The Morgan fingerprint density at radius 1 is 1.43 bits per heavy atom. The smallest absolute Gasteiger partial charge is 0.265 e. The number of carbonyl (C=O) groups excluding carboxylic acids is 1. The van der Waals surface area contributed by atoms with E-state index in [0.717, 1.165) is 17.6 Å². The number of sulfone groups is 1. The van der Waals surface area contributed by atoms with Crippen molar-refractivity contribution < 1.29 is 17.9 Å². The fraction of sp³-hybridized carbons (Fsp3) is 0.583. The molecule has 21 heavy (non-hydrogen) atoms. The molecule has 0 aliphatic heterocycles. The fourth-order valence-corrected chi connectivity index (χ4v) is 4.27. The van der Waals surface area contributed by atoms with Crippen molar-refractivity contribution in [3.63, 3.8) is 0 Å². The van der Waals surface area contributed by atoms with Crippen LogP contribution in [-0.4, -0.2) is 59.3 Å². The summed E-state index contributed by atoms with van der Waals surface area (Å²) in [5.41, 5.74) is 5.87. The molecule has 0 aliphatic carbocycles. The lowest BCUT2D eigenvalue weighted by Gasteiger charge is -2.08. The maximum absolute atomic E-state index is 12.0. The predicted molar refractivity (Wildman–Crippen MR) is 84.8 cm³/mol. The lowest BCUT2D eigenvalue weighted by atomic mass is 10.3.